The van der Waals surface area contributed by atoms with Crippen molar-refractivity contribution in [2.45, 2.75) is 27.2 Å². The van der Waals surface area contributed by atoms with E-state index in [-0.39, 0.29) is 11.3 Å². The van der Waals surface area contributed by atoms with E-state index in [9.17, 15) is 9.59 Å². The van der Waals surface area contributed by atoms with E-state index in [2.05, 4.69) is 11.4 Å². The predicted octanol–water partition coefficient (Wildman–Crippen LogP) is 5.36. The van der Waals surface area contributed by atoms with Gasteiger partial charge in [-0.3, -0.25) is 9.59 Å². The van der Waals surface area contributed by atoms with Crippen LogP contribution in [0.5, 0.6) is 5.75 Å². The summed E-state index contributed by atoms with van der Waals surface area (Å²) >= 11 is 0. The SMILES string of the molecule is CCCOc1ccc(C2=C(Nc3cc(C)ccc3C)C(=O)N(c3ccc(C#N)cc3)C2=O)cc1. The summed E-state index contributed by atoms with van der Waals surface area (Å²) in [6, 6.07) is 21.5. The zero-order valence-corrected chi connectivity index (χ0v) is 19.4. The fourth-order valence-electron chi connectivity index (χ4n) is 3.78. The molecule has 0 saturated heterocycles. The number of hydrogen-bond acceptors (Lipinski definition) is 5. The van der Waals surface area contributed by atoms with Gasteiger partial charge in [-0.1, -0.05) is 31.2 Å². The molecule has 1 aliphatic heterocycles. The van der Waals surface area contributed by atoms with Crippen molar-refractivity contribution in [3.63, 3.8) is 0 Å². The van der Waals surface area contributed by atoms with Crippen LogP contribution in [-0.4, -0.2) is 18.4 Å². The first kappa shape index (κ1) is 22.8. The smallest absolute Gasteiger partial charge is 0.282 e. The Morgan fingerprint density at radius 1 is 0.941 bits per heavy atom. The first-order valence-corrected chi connectivity index (χ1v) is 11.1. The number of benzene rings is 3. The molecular formula is C28H25N3O3. The molecule has 1 aliphatic rings. The third-order valence-electron chi connectivity index (χ3n) is 5.61. The molecule has 0 radical (unpaired) electrons. The highest BCUT2D eigenvalue weighted by Gasteiger charge is 2.40. The van der Waals surface area contributed by atoms with Crippen molar-refractivity contribution in [3.8, 4) is 11.8 Å². The zero-order chi connectivity index (χ0) is 24.2. The van der Waals surface area contributed by atoms with E-state index in [0.717, 1.165) is 28.1 Å². The molecule has 1 N–H and O–H groups in total. The second kappa shape index (κ2) is 9.63. The monoisotopic (exact) mass is 451 g/mol. The third kappa shape index (κ3) is 4.41. The Balaban J connectivity index is 1.78. The van der Waals surface area contributed by atoms with Gasteiger partial charge in [-0.05, 0) is 79.4 Å². The van der Waals surface area contributed by atoms with E-state index in [1.54, 1.807) is 48.5 Å². The van der Waals surface area contributed by atoms with E-state index in [0.29, 0.717) is 29.2 Å². The van der Waals surface area contributed by atoms with Gasteiger partial charge in [0.15, 0.2) is 0 Å². The van der Waals surface area contributed by atoms with Crippen molar-refractivity contribution in [1.29, 1.82) is 5.26 Å². The second-order valence-electron chi connectivity index (χ2n) is 8.17. The fourth-order valence-corrected chi connectivity index (χ4v) is 3.78. The quantitative estimate of drug-likeness (QED) is 0.489. The molecule has 3 aromatic carbocycles. The minimum Gasteiger partial charge on any atom is -0.494 e. The summed E-state index contributed by atoms with van der Waals surface area (Å²) in [6.45, 7) is 6.55. The highest BCUT2D eigenvalue weighted by atomic mass is 16.5. The lowest BCUT2D eigenvalue weighted by Crippen LogP contribution is -2.32. The average molecular weight is 452 g/mol. The number of rotatable bonds is 7. The molecule has 0 saturated carbocycles. The molecule has 6 heteroatoms. The molecule has 0 unspecified atom stereocenters. The molecule has 0 spiro atoms. The maximum atomic E-state index is 13.6. The first-order chi connectivity index (χ1) is 16.4. The summed E-state index contributed by atoms with van der Waals surface area (Å²) in [6.07, 6.45) is 0.892. The standard InChI is InChI=1S/C28H25N3O3/c1-4-15-34-23-13-9-21(10-14-23)25-26(30-24-16-18(2)5-6-19(24)3)28(33)31(27(25)32)22-11-7-20(17-29)8-12-22/h5-14,16,30H,4,15H2,1-3H3. The minimum absolute atomic E-state index is 0.213. The Labute approximate surface area is 199 Å². The number of hydrogen-bond donors (Lipinski definition) is 1. The van der Waals surface area contributed by atoms with Crippen LogP contribution in [0.3, 0.4) is 0 Å². The second-order valence-corrected chi connectivity index (χ2v) is 8.17. The van der Waals surface area contributed by atoms with Crippen LogP contribution >= 0.6 is 0 Å². The van der Waals surface area contributed by atoms with Gasteiger partial charge in [-0.25, -0.2) is 4.90 Å². The summed E-state index contributed by atoms with van der Waals surface area (Å²) < 4.78 is 5.66. The normalized spacial score (nSPS) is 13.3. The topological polar surface area (TPSA) is 82.4 Å². The van der Waals surface area contributed by atoms with Crippen LogP contribution in [0.25, 0.3) is 5.57 Å². The van der Waals surface area contributed by atoms with Gasteiger partial charge in [0.25, 0.3) is 11.8 Å². The van der Waals surface area contributed by atoms with Crippen LogP contribution in [-0.2, 0) is 9.59 Å². The zero-order valence-electron chi connectivity index (χ0n) is 19.4. The van der Waals surface area contributed by atoms with Gasteiger partial charge < -0.3 is 10.1 Å². The van der Waals surface area contributed by atoms with Crippen molar-refractivity contribution in [2.24, 2.45) is 0 Å². The van der Waals surface area contributed by atoms with Crippen molar-refractivity contribution < 1.29 is 14.3 Å². The highest BCUT2D eigenvalue weighted by Crippen LogP contribution is 2.35. The molecule has 0 aromatic heterocycles. The van der Waals surface area contributed by atoms with E-state index in [1.807, 2.05) is 39.0 Å². The van der Waals surface area contributed by atoms with Gasteiger partial charge in [0.2, 0.25) is 0 Å². The molecule has 0 bridgehead atoms. The number of nitriles is 1. The van der Waals surface area contributed by atoms with Crippen LogP contribution in [0.1, 0.15) is 35.6 Å². The maximum absolute atomic E-state index is 13.6. The Bertz CT molecular complexity index is 1320. The van der Waals surface area contributed by atoms with Crippen LogP contribution in [0.4, 0.5) is 11.4 Å². The molecule has 0 aliphatic carbocycles. The average Bonchev–Trinajstić information content (AvgIpc) is 3.09. The van der Waals surface area contributed by atoms with Crippen molar-refractivity contribution in [1.82, 2.24) is 0 Å². The van der Waals surface area contributed by atoms with Gasteiger partial charge >= 0.3 is 0 Å². The lowest BCUT2D eigenvalue weighted by Gasteiger charge is -2.16. The molecule has 2 amide bonds. The summed E-state index contributed by atoms with van der Waals surface area (Å²) in [4.78, 5) is 28.3. The molecule has 34 heavy (non-hydrogen) atoms. The summed E-state index contributed by atoms with van der Waals surface area (Å²) in [5, 5.41) is 12.3. The molecule has 0 fully saturated rings. The van der Waals surface area contributed by atoms with Gasteiger partial charge in [-0.2, -0.15) is 5.26 Å². The number of nitrogens with zero attached hydrogens (tertiary/aromatic N) is 2. The Kier molecular flexibility index (Phi) is 6.46. The number of imide groups is 1. The molecule has 6 nitrogen and oxygen atoms in total. The summed E-state index contributed by atoms with van der Waals surface area (Å²) in [7, 11) is 0. The Morgan fingerprint density at radius 3 is 2.29 bits per heavy atom. The highest BCUT2D eigenvalue weighted by molar-refractivity contribution is 6.46. The van der Waals surface area contributed by atoms with Crippen LogP contribution in [0.15, 0.2) is 72.4 Å². The summed E-state index contributed by atoms with van der Waals surface area (Å²) in [5.74, 6) is -0.169. The van der Waals surface area contributed by atoms with Gasteiger partial charge in [-0.15, -0.1) is 0 Å². The Hall–Kier alpha value is -4.37. The van der Waals surface area contributed by atoms with E-state index in [1.165, 1.54) is 0 Å². The fraction of sp³-hybridized carbons (Fsp3) is 0.179. The lowest BCUT2D eigenvalue weighted by atomic mass is 10.0. The van der Waals surface area contributed by atoms with E-state index >= 15 is 0 Å². The number of carbonyl (C=O) groups is 2. The van der Waals surface area contributed by atoms with Gasteiger partial charge in [0.05, 0.1) is 29.5 Å². The summed E-state index contributed by atoms with van der Waals surface area (Å²) in [5.41, 5.74) is 4.73. The molecule has 1 heterocycles. The number of anilines is 2. The lowest BCUT2D eigenvalue weighted by molar-refractivity contribution is -0.120. The van der Waals surface area contributed by atoms with Crippen LogP contribution in [0, 0.1) is 25.2 Å². The van der Waals surface area contributed by atoms with Crippen LogP contribution in [0.2, 0.25) is 0 Å². The van der Waals surface area contributed by atoms with Gasteiger partial charge in [0, 0.05) is 5.69 Å². The number of nitrogens with one attached hydrogen (secondary N) is 1. The maximum Gasteiger partial charge on any atom is 0.282 e. The van der Waals surface area contributed by atoms with Crippen molar-refractivity contribution in [3.05, 3.63) is 94.7 Å². The van der Waals surface area contributed by atoms with Crippen molar-refractivity contribution >= 4 is 28.8 Å². The number of carbonyl (C=O) groups excluding carboxylic acids is 2. The minimum atomic E-state index is -0.447. The molecule has 0 atom stereocenters. The Morgan fingerprint density at radius 2 is 1.65 bits per heavy atom. The molecule has 3 aromatic rings. The number of ether oxygens (including phenoxy) is 1. The number of amides is 2. The van der Waals surface area contributed by atoms with E-state index in [4.69, 9.17) is 10.00 Å². The molecule has 170 valence electrons. The van der Waals surface area contributed by atoms with Gasteiger partial charge in [0.1, 0.15) is 11.4 Å². The largest absolute Gasteiger partial charge is 0.494 e. The van der Waals surface area contributed by atoms with Crippen molar-refractivity contribution in [2.75, 3.05) is 16.8 Å². The third-order valence-corrected chi connectivity index (χ3v) is 5.61. The van der Waals surface area contributed by atoms with E-state index < -0.39 is 11.8 Å². The molecule has 4 rings (SSSR count). The van der Waals surface area contributed by atoms with Crippen LogP contribution < -0.4 is 15.0 Å². The number of aryl methyl sites for hydroxylation is 2. The predicted molar refractivity (Wildman–Crippen MR) is 132 cm³/mol. The first-order valence-electron chi connectivity index (χ1n) is 11.1. The molecular weight excluding hydrogens is 426 g/mol.